The summed E-state index contributed by atoms with van der Waals surface area (Å²) in [6, 6.07) is 14.7. The Morgan fingerprint density at radius 2 is 1.88 bits per heavy atom. The van der Waals surface area contributed by atoms with Crippen LogP contribution in [-0.4, -0.2) is 26.9 Å². The molecule has 9 nitrogen and oxygen atoms in total. The van der Waals surface area contributed by atoms with Gasteiger partial charge < -0.3 is 5.73 Å². The van der Waals surface area contributed by atoms with Crippen molar-refractivity contribution in [3.05, 3.63) is 76.5 Å². The summed E-state index contributed by atoms with van der Waals surface area (Å²) in [4.78, 5) is 21.1. The van der Waals surface area contributed by atoms with Crippen LogP contribution in [0.4, 0.5) is 10.5 Å². The first-order chi connectivity index (χ1) is 12.5. The van der Waals surface area contributed by atoms with Gasteiger partial charge in [-0.25, -0.2) is 14.9 Å². The van der Waals surface area contributed by atoms with Gasteiger partial charge in [-0.1, -0.05) is 18.2 Å². The summed E-state index contributed by atoms with van der Waals surface area (Å²) in [6.07, 6.45) is 3.15. The van der Waals surface area contributed by atoms with E-state index in [9.17, 15) is 14.9 Å². The lowest BCUT2D eigenvalue weighted by Gasteiger charge is -2.00. The largest absolute Gasteiger partial charge is 0.350 e. The molecule has 2 amide bonds. The Balaban J connectivity index is 2.03. The molecule has 2 aromatic carbocycles. The molecule has 0 atom stereocenters. The van der Waals surface area contributed by atoms with Crippen molar-refractivity contribution in [1.29, 1.82) is 0 Å². The molecule has 0 fully saturated rings. The first kappa shape index (κ1) is 16.8. The number of nitro benzene ring substituents is 1. The maximum Gasteiger partial charge on any atom is 0.332 e. The molecule has 3 rings (SSSR count). The van der Waals surface area contributed by atoms with E-state index < -0.39 is 11.0 Å². The summed E-state index contributed by atoms with van der Waals surface area (Å²) >= 11 is 0. The van der Waals surface area contributed by atoms with Crippen LogP contribution in [0.2, 0.25) is 0 Å². The predicted molar refractivity (Wildman–Crippen MR) is 96.0 cm³/mol. The number of rotatable bonds is 5. The van der Waals surface area contributed by atoms with Gasteiger partial charge in [0.25, 0.3) is 5.69 Å². The minimum absolute atomic E-state index is 0.0122. The number of nitrogens with zero attached hydrogens (tertiary/aromatic N) is 4. The number of hydrogen-bond acceptors (Lipinski definition) is 5. The van der Waals surface area contributed by atoms with Gasteiger partial charge in [-0.05, 0) is 24.3 Å². The highest BCUT2D eigenvalue weighted by atomic mass is 16.6. The molecule has 26 heavy (non-hydrogen) atoms. The van der Waals surface area contributed by atoms with E-state index in [2.05, 4.69) is 15.6 Å². The number of hydrogen-bond donors (Lipinski definition) is 2. The van der Waals surface area contributed by atoms with Crippen LogP contribution in [0, 0.1) is 10.1 Å². The number of hydrazone groups is 1. The Hall–Kier alpha value is -4.01. The van der Waals surface area contributed by atoms with E-state index in [1.807, 2.05) is 30.3 Å². The second kappa shape index (κ2) is 7.26. The average Bonchev–Trinajstić information content (AvgIpc) is 3.06. The van der Waals surface area contributed by atoms with E-state index in [-0.39, 0.29) is 5.69 Å². The van der Waals surface area contributed by atoms with E-state index in [1.54, 1.807) is 23.0 Å². The van der Waals surface area contributed by atoms with Crippen LogP contribution >= 0.6 is 0 Å². The quantitative estimate of drug-likeness (QED) is 0.416. The number of primary amides is 1. The van der Waals surface area contributed by atoms with Crippen LogP contribution in [0.1, 0.15) is 5.56 Å². The number of carbonyl (C=O) groups is 1. The second-order valence-electron chi connectivity index (χ2n) is 5.25. The van der Waals surface area contributed by atoms with Gasteiger partial charge in [0.05, 0.1) is 16.8 Å². The van der Waals surface area contributed by atoms with E-state index in [0.717, 1.165) is 5.69 Å². The Morgan fingerprint density at radius 3 is 2.50 bits per heavy atom. The van der Waals surface area contributed by atoms with Gasteiger partial charge >= 0.3 is 6.03 Å². The fourth-order valence-electron chi connectivity index (χ4n) is 2.33. The van der Waals surface area contributed by atoms with Crippen LogP contribution in [0.5, 0.6) is 0 Å². The van der Waals surface area contributed by atoms with Gasteiger partial charge in [0.1, 0.15) is 5.69 Å². The molecular formula is C17H14N6O3. The molecular weight excluding hydrogens is 336 g/mol. The summed E-state index contributed by atoms with van der Waals surface area (Å²) in [6.45, 7) is 0. The van der Waals surface area contributed by atoms with Crippen molar-refractivity contribution in [2.75, 3.05) is 0 Å². The van der Waals surface area contributed by atoms with Crippen LogP contribution in [0.25, 0.3) is 16.9 Å². The van der Waals surface area contributed by atoms with Crippen LogP contribution in [-0.2, 0) is 0 Å². The molecule has 1 aromatic heterocycles. The van der Waals surface area contributed by atoms with Gasteiger partial charge in [-0.3, -0.25) is 10.1 Å². The highest BCUT2D eigenvalue weighted by molar-refractivity contribution is 5.89. The summed E-state index contributed by atoms with van der Waals surface area (Å²) in [5, 5.41) is 19.1. The number of benzene rings is 2. The van der Waals surface area contributed by atoms with Crippen molar-refractivity contribution in [1.82, 2.24) is 15.2 Å². The van der Waals surface area contributed by atoms with Gasteiger partial charge in [0, 0.05) is 29.5 Å². The molecule has 0 unspecified atom stereocenters. The minimum Gasteiger partial charge on any atom is -0.350 e. The predicted octanol–water partition coefficient (Wildman–Crippen LogP) is 2.45. The first-order valence-corrected chi connectivity index (χ1v) is 7.53. The fraction of sp³-hybridized carbons (Fsp3) is 0. The zero-order valence-corrected chi connectivity index (χ0v) is 13.4. The van der Waals surface area contributed by atoms with E-state index in [0.29, 0.717) is 16.8 Å². The number of carbonyl (C=O) groups excluding carboxylic acids is 1. The van der Waals surface area contributed by atoms with E-state index in [1.165, 1.54) is 18.3 Å². The molecule has 0 aliphatic rings. The van der Waals surface area contributed by atoms with Crippen LogP contribution < -0.4 is 11.2 Å². The van der Waals surface area contributed by atoms with E-state index in [4.69, 9.17) is 5.73 Å². The van der Waals surface area contributed by atoms with Gasteiger partial charge in [0.2, 0.25) is 0 Å². The molecule has 0 saturated carbocycles. The number of nitrogens with two attached hydrogens (primary N) is 1. The first-order valence-electron chi connectivity index (χ1n) is 7.53. The Bertz CT molecular complexity index is 964. The van der Waals surface area contributed by atoms with E-state index >= 15 is 0 Å². The lowest BCUT2D eigenvalue weighted by atomic mass is 10.1. The average molecular weight is 350 g/mol. The Kier molecular flexibility index (Phi) is 4.70. The highest BCUT2D eigenvalue weighted by Crippen LogP contribution is 2.25. The summed E-state index contributed by atoms with van der Waals surface area (Å²) in [7, 11) is 0. The zero-order valence-electron chi connectivity index (χ0n) is 13.4. The molecule has 0 radical (unpaired) electrons. The SMILES string of the molecule is NC(=O)N/N=C\c1cn(-c2ccccc2)nc1-c1ccc([N+](=O)[O-])cc1. The minimum atomic E-state index is -0.784. The Morgan fingerprint density at radius 1 is 1.19 bits per heavy atom. The van der Waals surface area contributed by atoms with Gasteiger partial charge in [-0.15, -0.1) is 0 Å². The Labute approximate surface area is 147 Å². The molecule has 3 N–H and O–H groups in total. The molecule has 1 heterocycles. The van der Waals surface area contributed by atoms with Crippen molar-refractivity contribution in [3.8, 4) is 16.9 Å². The number of nitro groups is 1. The smallest absolute Gasteiger partial charge is 0.332 e. The zero-order chi connectivity index (χ0) is 18.5. The van der Waals surface area contributed by atoms with Crippen molar-refractivity contribution in [3.63, 3.8) is 0 Å². The third-order valence-electron chi connectivity index (χ3n) is 3.49. The molecule has 130 valence electrons. The molecule has 0 aliphatic heterocycles. The number of non-ortho nitro benzene ring substituents is 1. The second-order valence-corrected chi connectivity index (χ2v) is 5.25. The molecule has 0 aliphatic carbocycles. The standard InChI is InChI=1S/C17H14N6O3/c18-17(24)20-19-10-13-11-22(14-4-2-1-3-5-14)21-16(13)12-6-8-15(9-7-12)23(25)26/h1-11H,(H3,18,20,24)/b19-10-. The number of urea groups is 1. The third-order valence-corrected chi connectivity index (χ3v) is 3.49. The molecule has 3 aromatic rings. The molecule has 0 saturated heterocycles. The van der Waals surface area contributed by atoms with Gasteiger partial charge in [-0.2, -0.15) is 10.2 Å². The van der Waals surface area contributed by atoms with Crippen LogP contribution in [0.15, 0.2) is 65.9 Å². The van der Waals surface area contributed by atoms with Gasteiger partial charge in [0.15, 0.2) is 0 Å². The lowest BCUT2D eigenvalue weighted by Crippen LogP contribution is -2.24. The monoisotopic (exact) mass is 350 g/mol. The number of nitrogens with one attached hydrogen (secondary N) is 1. The highest BCUT2D eigenvalue weighted by Gasteiger charge is 2.13. The number of para-hydroxylation sites is 1. The number of aromatic nitrogens is 2. The molecule has 0 spiro atoms. The van der Waals surface area contributed by atoms with Crippen molar-refractivity contribution >= 4 is 17.9 Å². The fourth-order valence-corrected chi connectivity index (χ4v) is 2.33. The maximum atomic E-state index is 10.8. The summed E-state index contributed by atoms with van der Waals surface area (Å²) < 4.78 is 1.66. The number of amides is 2. The van der Waals surface area contributed by atoms with Crippen molar-refractivity contribution in [2.24, 2.45) is 10.8 Å². The topological polar surface area (TPSA) is 128 Å². The summed E-state index contributed by atoms with van der Waals surface area (Å²) in [5.74, 6) is 0. The third kappa shape index (κ3) is 3.73. The normalized spacial score (nSPS) is 10.8. The molecule has 0 bridgehead atoms. The van der Waals surface area contributed by atoms with Crippen molar-refractivity contribution in [2.45, 2.75) is 0 Å². The maximum absolute atomic E-state index is 10.8. The lowest BCUT2D eigenvalue weighted by molar-refractivity contribution is -0.384. The van der Waals surface area contributed by atoms with Crippen molar-refractivity contribution < 1.29 is 9.72 Å². The van der Waals surface area contributed by atoms with Crippen LogP contribution in [0.3, 0.4) is 0 Å². The summed E-state index contributed by atoms with van der Waals surface area (Å²) in [5.41, 5.74) is 9.78. The molecule has 9 heteroatoms.